The molecule has 0 radical (unpaired) electrons. The van der Waals surface area contributed by atoms with Gasteiger partial charge in [-0.1, -0.05) is 0 Å². The van der Waals surface area contributed by atoms with Crippen molar-refractivity contribution in [3.05, 3.63) is 41.6 Å². The normalized spacial score (nSPS) is 12.3. The van der Waals surface area contributed by atoms with Crippen molar-refractivity contribution in [1.29, 1.82) is 0 Å². The molecule has 21 heavy (non-hydrogen) atoms. The fraction of sp³-hybridized carbons (Fsp3) is 0.250. The van der Waals surface area contributed by atoms with Crippen LogP contribution in [0.25, 0.3) is 5.95 Å². The van der Waals surface area contributed by atoms with E-state index < -0.39 is 0 Å². The summed E-state index contributed by atoms with van der Waals surface area (Å²) in [6, 6.07) is 1.56. The molecule has 1 N–H and O–H groups in total. The molecular weight excluding hydrogens is 294 g/mol. The quantitative estimate of drug-likeness (QED) is 0.789. The van der Waals surface area contributed by atoms with E-state index in [1.165, 1.54) is 4.68 Å². The van der Waals surface area contributed by atoms with Crippen molar-refractivity contribution in [3.63, 3.8) is 0 Å². The maximum absolute atomic E-state index is 5.92. The van der Waals surface area contributed by atoms with E-state index in [2.05, 4.69) is 30.4 Å². The van der Waals surface area contributed by atoms with Crippen molar-refractivity contribution in [2.45, 2.75) is 19.9 Å². The highest BCUT2D eigenvalue weighted by Crippen LogP contribution is 2.17. The molecule has 0 aliphatic heterocycles. The second kappa shape index (κ2) is 5.49. The number of nitrogens with one attached hydrogen (secondary N) is 1. The molecular formula is C12H12ClN7O. The van der Waals surface area contributed by atoms with Gasteiger partial charge in [-0.25, -0.2) is 9.67 Å². The number of aromatic nitrogens is 6. The molecule has 9 heteroatoms. The summed E-state index contributed by atoms with van der Waals surface area (Å²) in [5.74, 6) is 1.94. The van der Waals surface area contributed by atoms with Crippen LogP contribution < -0.4 is 5.32 Å². The van der Waals surface area contributed by atoms with Crippen LogP contribution >= 0.6 is 11.6 Å². The summed E-state index contributed by atoms with van der Waals surface area (Å²) in [7, 11) is 0. The molecule has 0 spiro atoms. The summed E-state index contributed by atoms with van der Waals surface area (Å²) in [4.78, 5) is 16.5. The van der Waals surface area contributed by atoms with Gasteiger partial charge < -0.3 is 9.73 Å². The fourth-order valence-electron chi connectivity index (χ4n) is 1.72. The first kappa shape index (κ1) is 13.5. The molecule has 0 fully saturated rings. The fourth-order valence-corrected chi connectivity index (χ4v) is 1.88. The van der Waals surface area contributed by atoms with Gasteiger partial charge in [-0.05, 0) is 31.5 Å². The first-order valence-corrected chi connectivity index (χ1v) is 6.60. The molecule has 3 rings (SSSR count). The van der Waals surface area contributed by atoms with E-state index in [0.29, 0.717) is 17.8 Å². The monoisotopic (exact) mass is 305 g/mol. The van der Waals surface area contributed by atoms with Gasteiger partial charge in [-0.3, -0.25) is 0 Å². The Kier molecular flexibility index (Phi) is 3.53. The number of rotatable bonds is 4. The van der Waals surface area contributed by atoms with Crippen molar-refractivity contribution < 1.29 is 4.42 Å². The molecule has 1 atom stereocenters. The lowest BCUT2D eigenvalue weighted by Gasteiger charge is -2.11. The largest absolute Gasteiger partial charge is 0.444 e. The topological polar surface area (TPSA) is 94.6 Å². The summed E-state index contributed by atoms with van der Waals surface area (Å²) in [6.07, 6.45) is 5.00. The third-order valence-electron chi connectivity index (χ3n) is 2.66. The molecule has 0 bridgehead atoms. The molecule has 0 saturated heterocycles. The van der Waals surface area contributed by atoms with Crippen molar-refractivity contribution in [1.82, 2.24) is 29.7 Å². The molecule has 0 aliphatic carbocycles. The average molecular weight is 306 g/mol. The first-order valence-electron chi connectivity index (χ1n) is 6.22. The van der Waals surface area contributed by atoms with Crippen molar-refractivity contribution >= 4 is 17.5 Å². The molecule has 3 aromatic heterocycles. The summed E-state index contributed by atoms with van der Waals surface area (Å²) >= 11 is 5.92. The van der Waals surface area contributed by atoms with Crippen LogP contribution in [0.4, 0.5) is 5.95 Å². The summed E-state index contributed by atoms with van der Waals surface area (Å²) < 4.78 is 6.95. The molecule has 3 aromatic rings. The van der Waals surface area contributed by atoms with Gasteiger partial charge in [0, 0.05) is 12.4 Å². The highest BCUT2D eigenvalue weighted by molar-refractivity contribution is 6.28. The molecule has 0 aliphatic rings. The number of halogens is 1. The van der Waals surface area contributed by atoms with E-state index in [0.717, 1.165) is 5.76 Å². The average Bonchev–Trinajstić information content (AvgIpc) is 3.08. The van der Waals surface area contributed by atoms with E-state index in [9.17, 15) is 0 Å². The second-order valence-corrected chi connectivity index (χ2v) is 4.69. The molecule has 0 saturated carbocycles. The summed E-state index contributed by atoms with van der Waals surface area (Å²) in [5, 5.41) is 7.20. The highest BCUT2D eigenvalue weighted by Gasteiger charge is 2.14. The maximum Gasteiger partial charge on any atom is 0.256 e. The van der Waals surface area contributed by atoms with Gasteiger partial charge in [0.2, 0.25) is 17.1 Å². The number of hydrogen-bond donors (Lipinski definition) is 1. The minimum Gasteiger partial charge on any atom is -0.444 e. The number of oxazole rings is 1. The van der Waals surface area contributed by atoms with Crippen LogP contribution in [0.3, 0.4) is 0 Å². The number of aryl methyl sites for hydroxylation is 1. The third-order valence-corrected chi connectivity index (χ3v) is 2.83. The Morgan fingerprint density at radius 1 is 1.33 bits per heavy atom. The smallest absolute Gasteiger partial charge is 0.256 e. The lowest BCUT2D eigenvalue weighted by molar-refractivity contribution is 0.453. The summed E-state index contributed by atoms with van der Waals surface area (Å²) in [6.45, 7) is 3.72. The van der Waals surface area contributed by atoms with Crippen molar-refractivity contribution in [2.75, 3.05) is 5.32 Å². The zero-order chi connectivity index (χ0) is 14.8. The van der Waals surface area contributed by atoms with E-state index in [-0.39, 0.29) is 11.3 Å². The Hall–Kier alpha value is -2.48. The third kappa shape index (κ3) is 3.00. The minimum atomic E-state index is -0.206. The molecule has 8 nitrogen and oxygen atoms in total. The van der Waals surface area contributed by atoms with E-state index >= 15 is 0 Å². The number of nitrogens with zero attached hydrogens (tertiary/aromatic N) is 6. The zero-order valence-electron chi connectivity index (χ0n) is 11.4. The zero-order valence-corrected chi connectivity index (χ0v) is 12.1. The van der Waals surface area contributed by atoms with Crippen LogP contribution in [-0.2, 0) is 0 Å². The van der Waals surface area contributed by atoms with Gasteiger partial charge in [0.05, 0.1) is 6.20 Å². The molecule has 0 aromatic carbocycles. The van der Waals surface area contributed by atoms with Gasteiger partial charge in [-0.2, -0.15) is 20.1 Å². The van der Waals surface area contributed by atoms with E-state index in [1.54, 1.807) is 24.7 Å². The van der Waals surface area contributed by atoms with Crippen molar-refractivity contribution in [3.8, 4) is 5.95 Å². The Morgan fingerprint density at radius 3 is 2.86 bits per heavy atom. The SMILES string of the molecule is Cc1cnc(C(C)Nc2nc(Cl)nc(-n3cccn3)n2)o1. The van der Waals surface area contributed by atoms with Gasteiger partial charge in [-0.15, -0.1) is 0 Å². The Balaban J connectivity index is 1.85. The van der Waals surface area contributed by atoms with E-state index in [4.69, 9.17) is 16.0 Å². The van der Waals surface area contributed by atoms with Gasteiger partial charge in [0.25, 0.3) is 5.95 Å². The van der Waals surface area contributed by atoms with Crippen LogP contribution in [0.5, 0.6) is 0 Å². The lowest BCUT2D eigenvalue weighted by Crippen LogP contribution is -2.12. The van der Waals surface area contributed by atoms with Crippen LogP contribution in [0, 0.1) is 6.92 Å². The number of anilines is 1. The minimum absolute atomic E-state index is 0.0776. The van der Waals surface area contributed by atoms with Crippen LogP contribution in [0.15, 0.2) is 29.1 Å². The Morgan fingerprint density at radius 2 is 2.19 bits per heavy atom. The van der Waals surface area contributed by atoms with Crippen LogP contribution in [-0.4, -0.2) is 29.7 Å². The standard InChI is InChI=1S/C12H12ClN7O/c1-7-6-14-9(21-7)8(2)16-11-17-10(13)18-12(19-11)20-5-3-4-15-20/h3-6,8H,1-2H3,(H,16,17,18,19). The Labute approximate surface area is 125 Å². The summed E-state index contributed by atoms with van der Waals surface area (Å²) in [5.41, 5.74) is 0. The molecule has 3 heterocycles. The van der Waals surface area contributed by atoms with Crippen LogP contribution in [0.1, 0.15) is 24.6 Å². The van der Waals surface area contributed by atoms with Gasteiger partial charge >= 0.3 is 0 Å². The lowest BCUT2D eigenvalue weighted by atomic mass is 10.3. The highest BCUT2D eigenvalue weighted by atomic mass is 35.5. The molecule has 1 unspecified atom stereocenters. The van der Waals surface area contributed by atoms with Gasteiger partial charge in [0.15, 0.2) is 0 Å². The molecule has 0 amide bonds. The second-order valence-electron chi connectivity index (χ2n) is 4.35. The Bertz CT molecular complexity index is 740. The molecule has 108 valence electrons. The maximum atomic E-state index is 5.92. The predicted molar refractivity (Wildman–Crippen MR) is 75.2 cm³/mol. The van der Waals surface area contributed by atoms with Crippen LogP contribution in [0.2, 0.25) is 5.28 Å². The van der Waals surface area contributed by atoms with Gasteiger partial charge in [0.1, 0.15) is 11.8 Å². The van der Waals surface area contributed by atoms with Crippen molar-refractivity contribution in [2.24, 2.45) is 0 Å². The first-order chi connectivity index (χ1) is 10.1. The number of hydrogen-bond acceptors (Lipinski definition) is 7. The predicted octanol–water partition coefficient (Wildman–Crippen LogP) is 2.18. The van der Waals surface area contributed by atoms with E-state index in [1.807, 2.05) is 13.8 Å².